The number of fused-ring (bicyclic) bond motifs is 1. The first-order valence-electron chi connectivity index (χ1n) is 9.42. The second kappa shape index (κ2) is 9.78. The molecule has 1 aromatic carbocycles. The van der Waals surface area contributed by atoms with E-state index in [2.05, 4.69) is 27.3 Å². The fraction of sp³-hybridized carbons (Fsp3) is 0.400. The number of carbonyl (C=O) groups excluding carboxylic acids is 1. The van der Waals surface area contributed by atoms with E-state index in [1.807, 2.05) is 32.0 Å². The van der Waals surface area contributed by atoms with Crippen molar-refractivity contribution < 1.29 is 4.79 Å². The van der Waals surface area contributed by atoms with E-state index in [9.17, 15) is 4.79 Å². The number of aryl methyl sites for hydroxylation is 2. The molecule has 0 bridgehead atoms. The van der Waals surface area contributed by atoms with Crippen molar-refractivity contribution in [3.63, 3.8) is 0 Å². The first-order valence-corrected chi connectivity index (χ1v) is 11.2. The highest BCUT2D eigenvalue weighted by atomic mass is 35.5. The molecule has 0 fully saturated rings. The molecule has 1 N–H and O–H groups in total. The third-order valence-electron chi connectivity index (χ3n) is 4.52. The van der Waals surface area contributed by atoms with Crippen LogP contribution in [0.5, 0.6) is 0 Å². The van der Waals surface area contributed by atoms with Gasteiger partial charge in [-0.3, -0.25) is 4.79 Å². The standard InChI is InChI=1S/C20H23Cl2N5OS/c1-4-5-14(16-7-6-15(21)9-17(16)22)10-23-18(28)11-29-20-25-19-24-12(2)8-13(3)27(19)26-20/h6-9,14H,4-5,10-11H2,1-3H3,(H,23,28)/t14-/m0/s1. The molecular formula is C20H23Cl2N5OS. The maximum Gasteiger partial charge on any atom is 0.253 e. The molecule has 0 aliphatic rings. The van der Waals surface area contributed by atoms with Crippen LogP contribution in [0.15, 0.2) is 29.4 Å². The quantitative estimate of drug-likeness (QED) is 0.495. The van der Waals surface area contributed by atoms with Gasteiger partial charge in [0.15, 0.2) is 0 Å². The van der Waals surface area contributed by atoms with Crippen molar-refractivity contribution in [3.8, 4) is 0 Å². The molecule has 1 atom stereocenters. The molecule has 0 unspecified atom stereocenters. The average Bonchev–Trinajstić information content (AvgIpc) is 3.07. The number of aromatic nitrogens is 4. The predicted octanol–water partition coefficient (Wildman–Crippen LogP) is 4.84. The fourth-order valence-electron chi connectivity index (χ4n) is 3.18. The highest BCUT2D eigenvalue weighted by Crippen LogP contribution is 2.30. The third-order valence-corrected chi connectivity index (χ3v) is 5.92. The van der Waals surface area contributed by atoms with Gasteiger partial charge in [-0.05, 0) is 44.0 Å². The van der Waals surface area contributed by atoms with Crippen molar-refractivity contribution in [1.29, 1.82) is 0 Å². The molecule has 0 spiro atoms. The average molecular weight is 452 g/mol. The van der Waals surface area contributed by atoms with Crippen LogP contribution in [-0.2, 0) is 4.79 Å². The summed E-state index contributed by atoms with van der Waals surface area (Å²) in [6, 6.07) is 7.45. The Hall–Kier alpha value is -1.83. The van der Waals surface area contributed by atoms with Crippen LogP contribution in [0.1, 0.15) is 42.6 Å². The highest BCUT2D eigenvalue weighted by Gasteiger charge is 2.16. The number of benzene rings is 1. The predicted molar refractivity (Wildman–Crippen MR) is 118 cm³/mol. The van der Waals surface area contributed by atoms with Crippen LogP contribution in [0.2, 0.25) is 10.0 Å². The minimum absolute atomic E-state index is 0.0686. The van der Waals surface area contributed by atoms with Crippen LogP contribution < -0.4 is 5.32 Å². The number of nitrogens with zero attached hydrogens (tertiary/aromatic N) is 4. The Morgan fingerprint density at radius 1 is 1.24 bits per heavy atom. The van der Waals surface area contributed by atoms with E-state index in [-0.39, 0.29) is 17.6 Å². The van der Waals surface area contributed by atoms with Gasteiger partial charge in [0, 0.05) is 33.9 Å². The molecule has 1 amide bonds. The lowest BCUT2D eigenvalue weighted by atomic mass is 9.94. The Kier molecular flexibility index (Phi) is 7.38. The fourth-order valence-corrected chi connectivity index (χ4v) is 4.39. The number of rotatable bonds is 8. The summed E-state index contributed by atoms with van der Waals surface area (Å²) in [5.74, 6) is 0.857. The molecule has 0 saturated heterocycles. The maximum absolute atomic E-state index is 12.4. The molecule has 154 valence electrons. The van der Waals surface area contributed by atoms with Crippen molar-refractivity contribution >= 4 is 46.6 Å². The summed E-state index contributed by atoms with van der Waals surface area (Å²) in [4.78, 5) is 21.1. The molecular weight excluding hydrogens is 429 g/mol. The molecule has 0 radical (unpaired) electrons. The van der Waals surface area contributed by atoms with Crippen molar-refractivity contribution in [3.05, 3.63) is 51.3 Å². The van der Waals surface area contributed by atoms with Gasteiger partial charge in [-0.15, -0.1) is 5.10 Å². The smallest absolute Gasteiger partial charge is 0.253 e. The molecule has 3 rings (SSSR count). The van der Waals surface area contributed by atoms with E-state index < -0.39 is 0 Å². The summed E-state index contributed by atoms with van der Waals surface area (Å²) in [7, 11) is 0. The van der Waals surface area contributed by atoms with Crippen LogP contribution in [0.3, 0.4) is 0 Å². The summed E-state index contributed by atoms with van der Waals surface area (Å²) in [5.41, 5.74) is 2.85. The SMILES string of the molecule is CCC[C@@H](CNC(=O)CSc1nc2nc(C)cc(C)n2n1)c1ccc(Cl)cc1Cl. The van der Waals surface area contributed by atoms with Crippen molar-refractivity contribution in [2.75, 3.05) is 12.3 Å². The maximum atomic E-state index is 12.4. The van der Waals surface area contributed by atoms with Gasteiger partial charge in [-0.2, -0.15) is 4.98 Å². The Morgan fingerprint density at radius 3 is 2.76 bits per heavy atom. The molecule has 6 nitrogen and oxygen atoms in total. The zero-order valence-corrected chi connectivity index (χ0v) is 18.9. The summed E-state index contributed by atoms with van der Waals surface area (Å²) >= 11 is 13.6. The Balaban J connectivity index is 1.59. The number of nitrogens with one attached hydrogen (secondary N) is 1. The third kappa shape index (κ3) is 5.62. The molecule has 29 heavy (non-hydrogen) atoms. The van der Waals surface area contributed by atoms with Gasteiger partial charge < -0.3 is 5.32 Å². The number of thioether (sulfide) groups is 1. The van der Waals surface area contributed by atoms with Crippen LogP contribution in [0.4, 0.5) is 0 Å². The molecule has 0 aliphatic heterocycles. The minimum atomic E-state index is -0.0686. The van der Waals surface area contributed by atoms with Crippen LogP contribution in [0, 0.1) is 13.8 Å². The first kappa shape index (κ1) is 21.9. The number of halogens is 2. The molecule has 0 saturated carbocycles. The Morgan fingerprint density at radius 2 is 2.03 bits per heavy atom. The summed E-state index contributed by atoms with van der Waals surface area (Å²) in [5, 5.41) is 9.19. The van der Waals surface area contributed by atoms with Crippen LogP contribution in [-0.4, -0.2) is 37.8 Å². The monoisotopic (exact) mass is 451 g/mol. The number of carbonyl (C=O) groups is 1. The molecule has 2 heterocycles. The Bertz CT molecular complexity index is 1020. The largest absolute Gasteiger partial charge is 0.355 e. The van der Waals surface area contributed by atoms with Crippen LogP contribution in [0.25, 0.3) is 5.78 Å². The topological polar surface area (TPSA) is 72.2 Å². The van der Waals surface area contributed by atoms with E-state index in [4.69, 9.17) is 23.2 Å². The van der Waals surface area contributed by atoms with Gasteiger partial charge in [-0.1, -0.05) is 54.4 Å². The lowest BCUT2D eigenvalue weighted by Gasteiger charge is -2.19. The van der Waals surface area contributed by atoms with Gasteiger partial charge in [0.25, 0.3) is 5.78 Å². The number of hydrogen-bond acceptors (Lipinski definition) is 5. The second-order valence-electron chi connectivity index (χ2n) is 6.89. The van der Waals surface area contributed by atoms with E-state index in [1.54, 1.807) is 10.6 Å². The minimum Gasteiger partial charge on any atom is -0.355 e. The summed E-state index contributed by atoms with van der Waals surface area (Å²) < 4.78 is 1.69. The van der Waals surface area contributed by atoms with Crippen LogP contribution >= 0.6 is 35.0 Å². The summed E-state index contributed by atoms with van der Waals surface area (Å²) in [6.07, 6.45) is 1.91. The number of hydrogen-bond donors (Lipinski definition) is 1. The highest BCUT2D eigenvalue weighted by molar-refractivity contribution is 7.99. The van der Waals surface area contributed by atoms with Gasteiger partial charge in [0.05, 0.1) is 5.75 Å². The lowest BCUT2D eigenvalue weighted by molar-refractivity contribution is -0.118. The number of amides is 1. The lowest BCUT2D eigenvalue weighted by Crippen LogP contribution is -2.30. The van der Waals surface area contributed by atoms with Gasteiger partial charge in [0.2, 0.25) is 11.1 Å². The second-order valence-corrected chi connectivity index (χ2v) is 8.68. The zero-order valence-electron chi connectivity index (χ0n) is 16.6. The molecule has 2 aromatic heterocycles. The zero-order chi connectivity index (χ0) is 21.0. The summed E-state index contributed by atoms with van der Waals surface area (Å²) in [6.45, 7) is 6.50. The van der Waals surface area contributed by atoms with E-state index in [0.717, 1.165) is 29.8 Å². The molecule has 9 heteroatoms. The Labute approximate surface area is 184 Å². The van der Waals surface area contributed by atoms with Gasteiger partial charge in [0.1, 0.15) is 0 Å². The van der Waals surface area contributed by atoms with E-state index >= 15 is 0 Å². The van der Waals surface area contributed by atoms with Gasteiger partial charge in [-0.25, -0.2) is 9.50 Å². The van der Waals surface area contributed by atoms with E-state index in [0.29, 0.717) is 27.5 Å². The first-order chi connectivity index (χ1) is 13.9. The van der Waals surface area contributed by atoms with Crippen molar-refractivity contribution in [1.82, 2.24) is 24.9 Å². The van der Waals surface area contributed by atoms with Gasteiger partial charge >= 0.3 is 0 Å². The van der Waals surface area contributed by atoms with Crippen molar-refractivity contribution in [2.24, 2.45) is 0 Å². The normalized spacial score (nSPS) is 12.3. The van der Waals surface area contributed by atoms with E-state index in [1.165, 1.54) is 11.8 Å². The molecule has 3 aromatic rings. The van der Waals surface area contributed by atoms with Crippen molar-refractivity contribution in [2.45, 2.75) is 44.7 Å². The molecule has 0 aliphatic carbocycles.